The van der Waals surface area contributed by atoms with Gasteiger partial charge in [0.1, 0.15) is 5.82 Å². The number of hydrogen-bond acceptors (Lipinski definition) is 4. The fourth-order valence-electron chi connectivity index (χ4n) is 4.68. The van der Waals surface area contributed by atoms with Crippen molar-refractivity contribution in [1.82, 2.24) is 5.06 Å². The first-order valence-corrected chi connectivity index (χ1v) is 10.7. The predicted octanol–water partition coefficient (Wildman–Crippen LogP) is 6.26. The quantitative estimate of drug-likeness (QED) is 0.448. The van der Waals surface area contributed by atoms with Crippen LogP contribution < -0.4 is 4.74 Å². The molecule has 0 aromatic heterocycles. The summed E-state index contributed by atoms with van der Waals surface area (Å²) in [5.74, 6) is -2.47. The first-order valence-electron chi connectivity index (χ1n) is 10.7. The molecule has 1 aliphatic heterocycles. The number of piperidine rings is 1. The molecule has 2 aromatic rings. The van der Waals surface area contributed by atoms with Crippen LogP contribution in [-0.4, -0.2) is 27.3 Å². The maximum absolute atomic E-state index is 14.8. The highest BCUT2D eigenvalue weighted by molar-refractivity contribution is 5.91. The van der Waals surface area contributed by atoms with Crippen LogP contribution in [0.5, 0.6) is 5.75 Å². The lowest BCUT2D eigenvalue weighted by Gasteiger charge is -2.51. The van der Waals surface area contributed by atoms with E-state index in [0.717, 1.165) is 17.5 Å². The van der Waals surface area contributed by atoms with Gasteiger partial charge in [0.15, 0.2) is 11.6 Å². The second-order valence-electron chi connectivity index (χ2n) is 9.69. The molecule has 1 saturated heterocycles. The van der Waals surface area contributed by atoms with E-state index in [1.807, 2.05) is 34.6 Å². The molecule has 2 aromatic carbocycles. The van der Waals surface area contributed by atoms with Crippen molar-refractivity contribution in [2.45, 2.75) is 77.3 Å². The summed E-state index contributed by atoms with van der Waals surface area (Å²) in [7, 11) is 0. The van der Waals surface area contributed by atoms with Crippen LogP contribution in [0.1, 0.15) is 81.3 Å². The van der Waals surface area contributed by atoms with E-state index in [1.165, 1.54) is 29.3 Å². The van der Waals surface area contributed by atoms with Gasteiger partial charge in [-0.25, -0.2) is 13.6 Å². The number of rotatable bonds is 5. The van der Waals surface area contributed by atoms with E-state index in [2.05, 4.69) is 0 Å². The third kappa shape index (κ3) is 4.96. The van der Waals surface area contributed by atoms with Crippen molar-refractivity contribution in [3.8, 4) is 5.75 Å². The van der Waals surface area contributed by atoms with Gasteiger partial charge in [0.25, 0.3) is 0 Å². The molecule has 0 atom stereocenters. The summed E-state index contributed by atoms with van der Waals surface area (Å²) in [5, 5.41) is 11.9. The Hall–Kier alpha value is -2.31. The highest BCUT2D eigenvalue weighted by atomic mass is 19.1. The molecule has 0 unspecified atom stereocenters. The Morgan fingerprint density at radius 1 is 1.06 bits per heavy atom. The number of esters is 1. The van der Waals surface area contributed by atoms with E-state index in [4.69, 9.17) is 4.74 Å². The maximum atomic E-state index is 14.8. The number of hydrogen-bond donors (Lipinski definition) is 1. The third-order valence-electron chi connectivity index (χ3n) is 6.06. The smallest absolute Gasteiger partial charge is 0.346 e. The van der Waals surface area contributed by atoms with Gasteiger partial charge in [-0.1, -0.05) is 25.5 Å². The Kier molecular flexibility index (Phi) is 6.53. The molecular formula is C25H31F2NO3. The normalized spacial score (nSPS) is 18.7. The molecule has 3 rings (SSSR count). The Balaban J connectivity index is 1.78. The van der Waals surface area contributed by atoms with Crippen molar-refractivity contribution in [2.24, 2.45) is 0 Å². The van der Waals surface area contributed by atoms with Crippen molar-refractivity contribution < 1.29 is 23.5 Å². The molecule has 168 valence electrons. The average molecular weight is 432 g/mol. The van der Waals surface area contributed by atoms with Crippen LogP contribution in [0.15, 0.2) is 36.4 Å². The summed E-state index contributed by atoms with van der Waals surface area (Å²) in [5.41, 5.74) is 0.431. The summed E-state index contributed by atoms with van der Waals surface area (Å²) in [6.07, 6.45) is 2.89. The summed E-state index contributed by atoms with van der Waals surface area (Å²) < 4.78 is 34.2. The summed E-state index contributed by atoms with van der Waals surface area (Å²) in [4.78, 5) is 12.4. The molecule has 4 nitrogen and oxygen atoms in total. The van der Waals surface area contributed by atoms with Gasteiger partial charge in [0.2, 0.25) is 0 Å². The SMILES string of the molecule is CCCc1ccc(C(=O)Oc2ccc(C3CC(C)(C)N(O)C(C)(C)C3)cc2F)c(F)c1. The van der Waals surface area contributed by atoms with E-state index in [0.29, 0.717) is 19.3 Å². The highest BCUT2D eigenvalue weighted by Gasteiger charge is 2.45. The molecular weight excluding hydrogens is 400 g/mol. The molecule has 0 aliphatic carbocycles. The molecule has 0 bridgehead atoms. The lowest BCUT2D eigenvalue weighted by Crippen LogP contribution is -2.58. The fraction of sp³-hybridized carbons (Fsp3) is 0.480. The fourth-order valence-corrected chi connectivity index (χ4v) is 4.68. The molecule has 1 heterocycles. The summed E-state index contributed by atoms with van der Waals surface area (Å²) in [6, 6.07) is 8.89. The highest BCUT2D eigenvalue weighted by Crippen LogP contribution is 2.45. The monoisotopic (exact) mass is 431 g/mol. The largest absolute Gasteiger partial charge is 0.420 e. The summed E-state index contributed by atoms with van der Waals surface area (Å²) >= 11 is 0. The van der Waals surface area contributed by atoms with E-state index in [1.54, 1.807) is 12.1 Å². The molecule has 1 fully saturated rings. The molecule has 0 amide bonds. The van der Waals surface area contributed by atoms with Crippen LogP contribution in [0.4, 0.5) is 8.78 Å². The molecule has 0 spiro atoms. The predicted molar refractivity (Wildman–Crippen MR) is 116 cm³/mol. The van der Waals surface area contributed by atoms with Crippen LogP contribution in [0.25, 0.3) is 0 Å². The van der Waals surface area contributed by atoms with Gasteiger partial charge >= 0.3 is 5.97 Å². The van der Waals surface area contributed by atoms with Gasteiger partial charge in [0.05, 0.1) is 5.56 Å². The Bertz CT molecular complexity index is 953. The van der Waals surface area contributed by atoms with Crippen molar-refractivity contribution in [3.05, 3.63) is 64.7 Å². The zero-order valence-corrected chi connectivity index (χ0v) is 18.8. The lowest BCUT2D eigenvalue weighted by molar-refractivity contribution is -0.245. The number of nitrogens with zero attached hydrogens (tertiary/aromatic N) is 1. The molecule has 0 radical (unpaired) electrons. The Morgan fingerprint density at radius 3 is 2.26 bits per heavy atom. The standard InChI is InChI=1S/C25H31F2NO3/c1-6-7-16-8-10-19(20(26)12-16)23(29)31-22-11-9-17(13-21(22)27)18-14-24(2,3)28(30)25(4,5)15-18/h8-13,18,30H,6-7,14-15H2,1-5H3. The minimum Gasteiger partial charge on any atom is -0.420 e. The first-order chi connectivity index (χ1) is 14.4. The Labute approximate surface area is 182 Å². The van der Waals surface area contributed by atoms with Crippen LogP contribution in [0, 0.1) is 11.6 Å². The van der Waals surface area contributed by atoms with Crippen LogP contribution in [-0.2, 0) is 6.42 Å². The second kappa shape index (κ2) is 8.67. The van der Waals surface area contributed by atoms with Gasteiger partial charge in [-0.05, 0) is 88.3 Å². The molecule has 1 N–H and O–H groups in total. The number of hydroxylamine groups is 2. The van der Waals surface area contributed by atoms with Gasteiger partial charge in [0, 0.05) is 11.1 Å². The summed E-state index contributed by atoms with van der Waals surface area (Å²) in [6.45, 7) is 9.80. The third-order valence-corrected chi connectivity index (χ3v) is 6.06. The van der Waals surface area contributed by atoms with Crippen molar-refractivity contribution in [2.75, 3.05) is 0 Å². The van der Waals surface area contributed by atoms with E-state index in [9.17, 15) is 18.8 Å². The number of aryl methyl sites for hydroxylation is 1. The number of ether oxygens (including phenoxy) is 1. The van der Waals surface area contributed by atoms with Crippen molar-refractivity contribution in [3.63, 3.8) is 0 Å². The van der Waals surface area contributed by atoms with Gasteiger partial charge in [-0.2, -0.15) is 5.06 Å². The number of halogens is 2. The van der Waals surface area contributed by atoms with E-state index < -0.39 is 28.7 Å². The maximum Gasteiger partial charge on any atom is 0.346 e. The first kappa shape index (κ1) is 23.4. The number of carbonyl (C=O) groups is 1. The van der Waals surface area contributed by atoms with Crippen LogP contribution >= 0.6 is 0 Å². The molecule has 6 heteroatoms. The minimum absolute atomic E-state index is 0.0382. The van der Waals surface area contributed by atoms with E-state index >= 15 is 0 Å². The Morgan fingerprint density at radius 2 is 1.71 bits per heavy atom. The lowest BCUT2D eigenvalue weighted by atomic mass is 9.73. The molecule has 1 aliphatic rings. The topological polar surface area (TPSA) is 49.8 Å². The minimum atomic E-state index is -0.928. The second-order valence-corrected chi connectivity index (χ2v) is 9.69. The number of carbonyl (C=O) groups excluding carboxylic acids is 1. The molecule has 0 saturated carbocycles. The van der Waals surface area contributed by atoms with Gasteiger partial charge in [-0.15, -0.1) is 0 Å². The number of benzene rings is 2. The van der Waals surface area contributed by atoms with E-state index in [-0.39, 0.29) is 17.2 Å². The zero-order valence-electron chi connectivity index (χ0n) is 18.8. The van der Waals surface area contributed by atoms with Crippen molar-refractivity contribution in [1.29, 1.82) is 0 Å². The van der Waals surface area contributed by atoms with Crippen LogP contribution in [0.2, 0.25) is 0 Å². The zero-order chi connectivity index (χ0) is 23.0. The van der Waals surface area contributed by atoms with Crippen LogP contribution in [0.3, 0.4) is 0 Å². The van der Waals surface area contributed by atoms with Gasteiger partial charge in [-0.3, -0.25) is 0 Å². The van der Waals surface area contributed by atoms with Gasteiger partial charge < -0.3 is 9.94 Å². The average Bonchev–Trinajstić information content (AvgIpc) is 2.67. The molecule has 31 heavy (non-hydrogen) atoms. The van der Waals surface area contributed by atoms with Crippen molar-refractivity contribution >= 4 is 5.97 Å².